The van der Waals surface area contributed by atoms with Crippen LogP contribution in [0.3, 0.4) is 0 Å². The van der Waals surface area contributed by atoms with Crippen molar-refractivity contribution in [3.8, 4) is 11.5 Å². The number of ketones is 2. The Bertz CT molecular complexity index is 1810. The molecule has 1 aromatic carbocycles. The van der Waals surface area contributed by atoms with Crippen LogP contribution in [0.15, 0.2) is 47.6 Å². The lowest BCUT2D eigenvalue weighted by Gasteiger charge is -2.47. The normalized spacial score (nSPS) is 38.1. The number of esters is 1. The van der Waals surface area contributed by atoms with Gasteiger partial charge < -0.3 is 44.2 Å². The Balaban J connectivity index is 1.49. The molecule has 1 aliphatic carbocycles. The van der Waals surface area contributed by atoms with Crippen LogP contribution in [0, 0.1) is 29.6 Å². The summed E-state index contributed by atoms with van der Waals surface area (Å²) in [5, 5.41) is 12.1. The van der Waals surface area contributed by atoms with E-state index in [2.05, 4.69) is 6.08 Å². The van der Waals surface area contributed by atoms with E-state index in [4.69, 9.17) is 34.2 Å². The SMILES string of the molecule is CCC1/C=C(\C)C(F)C(C)CC(OC)C2OC(O)(C(=O)C(=O)N3CCCCC3C(=O)OC(C(C)=CC3CCC(N)C(Oc4cccc(OC)c4)C3)C(C)CCC1=O)C(C)CC2OC. The molecule has 14 unspecified atom stereocenters. The minimum atomic E-state index is -2.58. The number of methoxy groups -OCH3 is 3. The highest BCUT2D eigenvalue weighted by atomic mass is 19.1. The van der Waals surface area contributed by atoms with E-state index in [1.54, 1.807) is 34.0 Å². The third-order valence-corrected chi connectivity index (χ3v) is 14.1. The van der Waals surface area contributed by atoms with E-state index < -0.39 is 77.8 Å². The number of allylic oxidation sites excluding steroid dienone is 3. The summed E-state index contributed by atoms with van der Waals surface area (Å²) in [7, 11) is 4.52. The van der Waals surface area contributed by atoms with Crippen molar-refractivity contribution in [2.45, 2.75) is 167 Å². The van der Waals surface area contributed by atoms with Crippen molar-refractivity contribution >= 4 is 23.4 Å². The van der Waals surface area contributed by atoms with Crippen LogP contribution in [0.5, 0.6) is 11.5 Å². The zero-order valence-electron chi connectivity index (χ0n) is 38.9. The Morgan fingerprint density at radius 3 is 2.33 bits per heavy atom. The van der Waals surface area contributed by atoms with Crippen molar-refractivity contribution in [2.75, 3.05) is 27.9 Å². The Kier molecular flexibility index (Phi) is 17.9. The zero-order valence-corrected chi connectivity index (χ0v) is 38.9. The number of hydrogen-bond donors (Lipinski definition) is 2. The molecule has 3 N–H and O–H groups in total. The minimum absolute atomic E-state index is 0.0366. The van der Waals surface area contributed by atoms with Gasteiger partial charge in [0.25, 0.3) is 11.7 Å². The number of ether oxygens (including phenoxy) is 6. The third-order valence-electron chi connectivity index (χ3n) is 14.1. The second-order valence-electron chi connectivity index (χ2n) is 18.7. The number of alkyl halides is 1. The van der Waals surface area contributed by atoms with Crippen LogP contribution in [0.4, 0.5) is 4.39 Å². The second kappa shape index (κ2) is 22.5. The quantitative estimate of drug-likeness (QED) is 0.158. The van der Waals surface area contributed by atoms with E-state index >= 15 is 4.39 Å². The summed E-state index contributed by atoms with van der Waals surface area (Å²) in [4.78, 5) is 58.2. The van der Waals surface area contributed by atoms with Gasteiger partial charge in [-0.2, -0.15) is 0 Å². The number of piperidine rings is 1. The first-order valence-corrected chi connectivity index (χ1v) is 23.1. The summed E-state index contributed by atoms with van der Waals surface area (Å²) in [6.45, 7) is 10.9. The standard InChI is InChI=1S/C49H73FN2O11/c1-10-34-23-29(3)43(50)30(4)24-41(59-8)45-42(60-9)25-32(6)49(57,63-45)46(54)47(55)52-21-12-11-16-38(52)48(56)62-44(28(2)17-20-39(34)53)31(5)22-33-18-19-37(51)40(26-33)61-36-15-13-14-35(27-36)58-7/h13-15,22-23,27-28,30,32-34,37-38,40-45,57H,10-12,16-21,24-26,51H2,1-9H3/b29-23+,31-22?. The maximum Gasteiger partial charge on any atom is 0.329 e. The molecule has 0 radical (unpaired) electrons. The van der Waals surface area contributed by atoms with Gasteiger partial charge in [0.2, 0.25) is 5.79 Å². The summed E-state index contributed by atoms with van der Waals surface area (Å²) in [5.41, 5.74) is 7.78. The first-order valence-electron chi connectivity index (χ1n) is 23.1. The van der Waals surface area contributed by atoms with Crippen LogP contribution >= 0.6 is 0 Å². The lowest BCUT2D eigenvalue weighted by molar-refractivity contribution is -0.302. The Labute approximate surface area is 373 Å². The van der Waals surface area contributed by atoms with Crippen molar-refractivity contribution in [3.63, 3.8) is 0 Å². The average Bonchev–Trinajstić information content (AvgIpc) is 3.28. The molecule has 5 rings (SSSR count). The fourth-order valence-electron chi connectivity index (χ4n) is 10.1. The number of Topliss-reactive ketones (excluding diaryl/α,β-unsaturated/α-hetero) is 2. The van der Waals surface area contributed by atoms with Crippen LogP contribution < -0.4 is 15.2 Å². The van der Waals surface area contributed by atoms with Gasteiger partial charge in [-0.25, -0.2) is 9.18 Å². The number of halogens is 1. The van der Waals surface area contributed by atoms with Crippen molar-refractivity contribution in [1.29, 1.82) is 0 Å². The number of nitrogens with two attached hydrogens (primary N) is 1. The highest BCUT2D eigenvalue weighted by molar-refractivity contribution is 6.39. The van der Waals surface area contributed by atoms with Crippen LogP contribution in [-0.4, -0.2) is 116 Å². The molecule has 2 saturated heterocycles. The van der Waals surface area contributed by atoms with Gasteiger partial charge in [0.05, 0.1) is 19.3 Å². The minimum Gasteiger partial charge on any atom is -0.497 e. The number of aliphatic hydroxyl groups is 1. The van der Waals surface area contributed by atoms with Gasteiger partial charge in [0.15, 0.2) is 0 Å². The number of nitrogens with zero attached hydrogens (tertiary/aromatic N) is 1. The van der Waals surface area contributed by atoms with Gasteiger partial charge in [-0.15, -0.1) is 0 Å². The van der Waals surface area contributed by atoms with Gasteiger partial charge in [-0.3, -0.25) is 14.4 Å². The molecular formula is C49H73FN2O11. The Morgan fingerprint density at radius 1 is 0.952 bits per heavy atom. The van der Waals surface area contributed by atoms with E-state index in [9.17, 15) is 24.3 Å². The van der Waals surface area contributed by atoms with E-state index in [1.165, 1.54) is 19.1 Å². The fourth-order valence-corrected chi connectivity index (χ4v) is 10.1. The van der Waals surface area contributed by atoms with Gasteiger partial charge in [-0.1, -0.05) is 45.9 Å². The molecule has 1 saturated carbocycles. The Hall–Kier alpha value is -3.69. The van der Waals surface area contributed by atoms with E-state index in [0.29, 0.717) is 55.6 Å². The van der Waals surface area contributed by atoms with Crippen molar-refractivity contribution in [1.82, 2.24) is 4.90 Å². The third kappa shape index (κ3) is 12.0. The zero-order chi connectivity index (χ0) is 46.2. The number of amides is 1. The summed E-state index contributed by atoms with van der Waals surface area (Å²) >= 11 is 0. The van der Waals surface area contributed by atoms with Crippen molar-refractivity contribution in [3.05, 3.63) is 47.6 Å². The summed E-state index contributed by atoms with van der Waals surface area (Å²) < 4.78 is 52.3. The van der Waals surface area contributed by atoms with Crippen LogP contribution in [-0.2, 0) is 38.1 Å². The number of rotatable bonds is 8. The van der Waals surface area contributed by atoms with Gasteiger partial charge >= 0.3 is 5.97 Å². The molecule has 352 valence electrons. The van der Waals surface area contributed by atoms with Crippen LogP contribution in [0.1, 0.15) is 112 Å². The molecule has 2 bridgehead atoms. The maximum absolute atomic E-state index is 16.3. The highest BCUT2D eigenvalue weighted by Gasteiger charge is 2.56. The predicted molar refractivity (Wildman–Crippen MR) is 236 cm³/mol. The second-order valence-corrected chi connectivity index (χ2v) is 18.7. The van der Waals surface area contributed by atoms with Gasteiger partial charge in [0, 0.05) is 51.1 Å². The van der Waals surface area contributed by atoms with E-state index in [1.807, 2.05) is 45.0 Å². The molecule has 1 amide bonds. The van der Waals surface area contributed by atoms with Gasteiger partial charge in [0.1, 0.15) is 47.8 Å². The first-order chi connectivity index (χ1) is 29.9. The first kappa shape index (κ1) is 50.3. The largest absolute Gasteiger partial charge is 0.497 e. The molecule has 3 heterocycles. The topological polar surface area (TPSA) is 173 Å². The van der Waals surface area contributed by atoms with Gasteiger partial charge in [-0.05, 0) is 119 Å². The average molecular weight is 885 g/mol. The lowest BCUT2D eigenvalue weighted by Crippen LogP contribution is -2.64. The van der Waals surface area contributed by atoms with Crippen LogP contribution in [0.2, 0.25) is 0 Å². The molecule has 0 spiro atoms. The Morgan fingerprint density at radius 2 is 1.65 bits per heavy atom. The smallest absolute Gasteiger partial charge is 0.329 e. The fraction of sp³-hybridized carbons (Fsp3) is 0.714. The number of cyclic esters (lactones) is 1. The molecule has 0 aromatic heterocycles. The number of carbonyl (C=O) groups excluding carboxylic acids is 4. The highest BCUT2D eigenvalue weighted by Crippen LogP contribution is 2.40. The monoisotopic (exact) mass is 885 g/mol. The predicted octanol–water partition coefficient (Wildman–Crippen LogP) is 6.86. The molecule has 14 atom stereocenters. The van der Waals surface area contributed by atoms with Crippen molar-refractivity contribution in [2.24, 2.45) is 35.3 Å². The number of hydrogen-bond acceptors (Lipinski definition) is 12. The number of carbonyl (C=O) groups is 4. The maximum atomic E-state index is 16.3. The molecule has 63 heavy (non-hydrogen) atoms. The lowest BCUT2D eigenvalue weighted by atomic mass is 9.81. The van der Waals surface area contributed by atoms with Crippen molar-refractivity contribution < 1.29 is 57.1 Å². The molecule has 3 fully saturated rings. The summed E-state index contributed by atoms with van der Waals surface area (Å²) in [5.74, 6) is -6.52. The van der Waals surface area contributed by atoms with E-state index in [-0.39, 0.29) is 62.0 Å². The van der Waals surface area contributed by atoms with E-state index in [0.717, 1.165) is 12.0 Å². The molecule has 4 aliphatic rings. The molecule has 3 aliphatic heterocycles. The van der Waals surface area contributed by atoms with Crippen LogP contribution in [0.25, 0.3) is 0 Å². The molecule has 1 aromatic rings. The summed E-state index contributed by atoms with van der Waals surface area (Å²) in [6.07, 6.45) is 3.62. The molecular weight excluding hydrogens is 812 g/mol. The molecule has 13 nitrogen and oxygen atoms in total. The number of benzene rings is 1. The number of fused-ring (bicyclic) bond motifs is 3. The molecule has 14 heteroatoms. The summed E-state index contributed by atoms with van der Waals surface area (Å²) in [6, 6.07) is 6.10.